The number of halogens is 1. The lowest BCUT2D eigenvalue weighted by molar-refractivity contribution is -0.120. The predicted molar refractivity (Wildman–Crippen MR) is 87.6 cm³/mol. The number of carbonyl (C=O) groups is 1. The van der Waals surface area contributed by atoms with Crippen LogP contribution in [0.1, 0.15) is 38.5 Å². The summed E-state index contributed by atoms with van der Waals surface area (Å²) in [5, 5.41) is 5.63. The second-order valence-electron chi connectivity index (χ2n) is 6.02. The number of hydrogen-bond acceptors (Lipinski definition) is 4. The summed E-state index contributed by atoms with van der Waals surface area (Å²) in [6.45, 7) is -0.0827. The minimum absolute atomic E-state index is 0.0175. The van der Waals surface area contributed by atoms with Crippen LogP contribution in [0.15, 0.2) is 23.1 Å². The minimum Gasteiger partial charge on any atom is -0.374 e. The molecule has 5 nitrogen and oxygen atoms in total. The van der Waals surface area contributed by atoms with Crippen molar-refractivity contribution < 1.29 is 17.6 Å². The van der Waals surface area contributed by atoms with Crippen molar-refractivity contribution in [2.45, 2.75) is 49.5 Å². The quantitative estimate of drug-likeness (QED) is 0.637. The Morgan fingerprint density at radius 3 is 2.48 bits per heavy atom. The maximum atomic E-state index is 13.7. The van der Waals surface area contributed by atoms with Crippen LogP contribution in [0.2, 0.25) is 0 Å². The molecule has 23 heavy (non-hydrogen) atoms. The lowest BCUT2D eigenvalue weighted by Gasteiger charge is -2.17. The first-order chi connectivity index (χ1) is 10.9. The summed E-state index contributed by atoms with van der Waals surface area (Å²) in [5.74, 6) is -0.791. The fraction of sp³-hybridized carbons (Fsp3) is 0.562. The van der Waals surface area contributed by atoms with E-state index in [4.69, 9.17) is 0 Å². The molecule has 0 spiro atoms. The molecule has 0 atom stereocenters. The van der Waals surface area contributed by atoms with Crippen molar-refractivity contribution in [2.75, 3.05) is 18.1 Å². The van der Waals surface area contributed by atoms with E-state index < -0.39 is 15.7 Å². The molecule has 0 unspecified atom stereocenters. The number of sulfone groups is 1. The number of carbonyl (C=O) groups excluding carboxylic acids is 1. The van der Waals surface area contributed by atoms with Crippen molar-refractivity contribution in [3.8, 4) is 0 Å². The van der Waals surface area contributed by atoms with E-state index >= 15 is 0 Å². The summed E-state index contributed by atoms with van der Waals surface area (Å²) in [4.78, 5) is 12.0. The highest BCUT2D eigenvalue weighted by atomic mass is 32.2. The molecule has 128 valence electrons. The maximum absolute atomic E-state index is 13.7. The van der Waals surface area contributed by atoms with Crippen LogP contribution in [0, 0.1) is 5.82 Å². The molecule has 1 fully saturated rings. The Kier molecular flexibility index (Phi) is 5.98. The van der Waals surface area contributed by atoms with Crippen LogP contribution in [-0.4, -0.2) is 33.2 Å². The van der Waals surface area contributed by atoms with E-state index in [0.717, 1.165) is 38.0 Å². The molecule has 2 rings (SSSR count). The molecule has 1 aliphatic rings. The van der Waals surface area contributed by atoms with Gasteiger partial charge >= 0.3 is 0 Å². The Morgan fingerprint density at radius 1 is 1.22 bits per heavy atom. The summed E-state index contributed by atoms with van der Waals surface area (Å²) < 4.78 is 36.7. The van der Waals surface area contributed by atoms with Crippen LogP contribution in [0.25, 0.3) is 0 Å². The van der Waals surface area contributed by atoms with Gasteiger partial charge in [-0.3, -0.25) is 4.79 Å². The molecule has 1 aromatic rings. The van der Waals surface area contributed by atoms with Gasteiger partial charge in [-0.2, -0.15) is 0 Å². The van der Waals surface area contributed by atoms with E-state index in [1.165, 1.54) is 25.0 Å². The van der Waals surface area contributed by atoms with Gasteiger partial charge in [-0.05, 0) is 31.0 Å². The van der Waals surface area contributed by atoms with Gasteiger partial charge in [0.05, 0.1) is 17.1 Å². The van der Waals surface area contributed by atoms with Crippen LogP contribution in [-0.2, 0) is 14.6 Å². The van der Waals surface area contributed by atoms with Gasteiger partial charge in [0.1, 0.15) is 5.82 Å². The van der Waals surface area contributed by atoms with Crippen molar-refractivity contribution in [1.82, 2.24) is 5.32 Å². The van der Waals surface area contributed by atoms with Crippen molar-refractivity contribution in [3.05, 3.63) is 24.0 Å². The first kappa shape index (κ1) is 17.7. The number of amides is 1. The van der Waals surface area contributed by atoms with E-state index in [-0.39, 0.29) is 29.1 Å². The Bertz CT molecular complexity index is 653. The molecule has 1 saturated carbocycles. The topological polar surface area (TPSA) is 75.3 Å². The van der Waals surface area contributed by atoms with Gasteiger partial charge in [-0.1, -0.05) is 25.7 Å². The largest absolute Gasteiger partial charge is 0.374 e. The van der Waals surface area contributed by atoms with Gasteiger partial charge in [0, 0.05) is 12.3 Å². The van der Waals surface area contributed by atoms with Gasteiger partial charge in [0.2, 0.25) is 5.91 Å². The number of rotatable bonds is 5. The highest BCUT2D eigenvalue weighted by Gasteiger charge is 2.15. The number of hydrogen-bond donors (Lipinski definition) is 2. The third kappa shape index (κ3) is 5.49. The molecule has 1 aliphatic carbocycles. The van der Waals surface area contributed by atoms with Gasteiger partial charge in [-0.15, -0.1) is 0 Å². The Labute approximate surface area is 136 Å². The van der Waals surface area contributed by atoms with Gasteiger partial charge < -0.3 is 10.6 Å². The number of benzene rings is 1. The van der Waals surface area contributed by atoms with Crippen molar-refractivity contribution >= 4 is 21.4 Å². The molecule has 0 saturated heterocycles. The lowest BCUT2D eigenvalue weighted by Crippen LogP contribution is -2.38. The molecule has 0 heterocycles. The second-order valence-corrected chi connectivity index (χ2v) is 8.04. The number of anilines is 1. The monoisotopic (exact) mass is 342 g/mol. The third-order valence-corrected chi connectivity index (χ3v) is 5.14. The summed E-state index contributed by atoms with van der Waals surface area (Å²) >= 11 is 0. The fourth-order valence-electron chi connectivity index (χ4n) is 2.75. The zero-order valence-electron chi connectivity index (χ0n) is 13.3. The van der Waals surface area contributed by atoms with Crippen LogP contribution in [0.3, 0.4) is 0 Å². The summed E-state index contributed by atoms with van der Waals surface area (Å²) in [6.07, 6.45) is 7.64. The molecular weight excluding hydrogens is 319 g/mol. The molecule has 0 aliphatic heterocycles. The zero-order chi connectivity index (χ0) is 16.9. The minimum atomic E-state index is -3.41. The molecule has 0 bridgehead atoms. The summed E-state index contributed by atoms with van der Waals surface area (Å²) in [7, 11) is -3.41. The number of nitrogens with one attached hydrogen (secondary N) is 2. The third-order valence-electron chi connectivity index (χ3n) is 4.03. The van der Waals surface area contributed by atoms with E-state index in [9.17, 15) is 17.6 Å². The van der Waals surface area contributed by atoms with E-state index in [1.54, 1.807) is 0 Å². The highest BCUT2D eigenvalue weighted by Crippen LogP contribution is 2.20. The van der Waals surface area contributed by atoms with Crippen molar-refractivity contribution in [2.24, 2.45) is 0 Å². The molecule has 0 aromatic heterocycles. The van der Waals surface area contributed by atoms with Crippen molar-refractivity contribution in [3.63, 3.8) is 0 Å². The fourth-order valence-corrected chi connectivity index (χ4v) is 3.40. The molecule has 0 radical (unpaired) electrons. The Morgan fingerprint density at radius 2 is 1.87 bits per heavy atom. The standard InChI is InChI=1S/C16H23FN2O3S/c1-23(21,22)13-8-9-14(17)15(10-13)18-11-16(20)19-12-6-4-2-3-5-7-12/h8-10,12,18H,2-7,11H2,1H3,(H,19,20). The summed E-state index contributed by atoms with van der Waals surface area (Å²) in [6, 6.07) is 3.69. The molecule has 1 amide bonds. The second kappa shape index (κ2) is 7.77. The molecular formula is C16H23FN2O3S. The van der Waals surface area contributed by atoms with Gasteiger partial charge in [-0.25, -0.2) is 12.8 Å². The van der Waals surface area contributed by atoms with E-state index in [2.05, 4.69) is 10.6 Å². The van der Waals surface area contributed by atoms with E-state index in [0.29, 0.717) is 0 Å². The van der Waals surface area contributed by atoms with Crippen molar-refractivity contribution in [1.29, 1.82) is 0 Å². The molecule has 1 aromatic carbocycles. The SMILES string of the molecule is CS(=O)(=O)c1ccc(F)c(NCC(=O)NC2CCCCCC2)c1. The maximum Gasteiger partial charge on any atom is 0.239 e. The molecule has 7 heteroatoms. The summed E-state index contributed by atoms with van der Waals surface area (Å²) in [5.41, 5.74) is 0.0175. The van der Waals surface area contributed by atoms with Crippen LogP contribution >= 0.6 is 0 Å². The Balaban J connectivity index is 1.93. The Hall–Kier alpha value is -1.63. The predicted octanol–water partition coefficient (Wildman–Crippen LogP) is 2.48. The van der Waals surface area contributed by atoms with Crippen LogP contribution in [0.5, 0.6) is 0 Å². The lowest BCUT2D eigenvalue weighted by atomic mass is 10.1. The first-order valence-corrected chi connectivity index (χ1v) is 9.78. The average molecular weight is 342 g/mol. The van der Waals surface area contributed by atoms with Gasteiger partial charge in [0.15, 0.2) is 9.84 Å². The average Bonchev–Trinajstić information content (AvgIpc) is 2.74. The van der Waals surface area contributed by atoms with Gasteiger partial charge in [0.25, 0.3) is 0 Å². The van der Waals surface area contributed by atoms with Crippen LogP contribution < -0.4 is 10.6 Å². The molecule has 2 N–H and O–H groups in total. The smallest absolute Gasteiger partial charge is 0.239 e. The van der Waals surface area contributed by atoms with Crippen LogP contribution in [0.4, 0.5) is 10.1 Å². The zero-order valence-corrected chi connectivity index (χ0v) is 14.1. The highest BCUT2D eigenvalue weighted by molar-refractivity contribution is 7.90. The first-order valence-electron chi connectivity index (χ1n) is 7.89. The normalized spacial score (nSPS) is 16.6. The van der Waals surface area contributed by atoms with E-state index in [1.807, 2.05) is 0 Å².